The summed E-state index contributed by atoms with van der Waals surface area (Å²) in [6.07, 6.45) is 4.70. The smallest absolute Gasteiger partial charge is 0.0326 e. The largest absolute Gasteiger partial charge is 0.0887 e. The molecule has 0 rings (SSSR count). The van der Waals surface area contributed by atoms with Crippen molar-refractivity contribution in [2.75, 3.05) is 0 Å². The van der Waals surface area contributed by atoms with E-state index in [9.17, 15) is 0 Å². The molecule has 0 aliphatic carbocycles. The van der Waals surface area contributed by atoms with Crippen LogP contribution < -0.4 is 0 Å². The Kier molecular flexibility index (Phi) is 3.77. The van der Waals surface area contributed by atoms with Crippen molar-refractivity contribution < 1.29 is 0 Å². The Labute approximate surface area is 46.2 Å². The van der Waals surface area contributed by atoms with Crippen molar-refractivity contribution in [2.45, 2.75) is 33.6 Å². The summed E-state index contributed by atoms with van der Waals surface area (Å²) in [6, 6.07) is 0. The normalized spacial score (nSPS) is 12.1. The predicted molar refractivity (Wildman–Crippen MR) is 34.3 cm³/mol. The maximum Gasteiger partial charge on any atom is -0.0326 e. The van der Waals surface area contributed by atoms with E-state index in [-0.39, 0.29) is 0 Å². The summed E-state index contributed by atoms with van der Waals surface area (Å²) in [4.78, 5) is 0. The summed E-state index contributed by atoms with van der Waals surface area (Å²) >= 11 is 0. The third-order valence-electron chi connectivity index (χ3n) is 1.14. The lowest BCUT2D eigenvalue weighted by Gasteiger charge is -1.91. The number of allylic oxidation sites excluding steroid dienone is 2. The fraction of sp³-hybridized carbons (Fsp3) is 0.714. The zero-order chi connectivity index (χ0) is 5.70. The molecule has 0 heteroatoms. The van der Waals surface area contributed by atoms with E-state index in [4.69, 9.17) is 0 Å². The molecule has 0 N–H and O–H groups in total. The lowest BCUT2D eigenvalue weighted by Crippen LogP contribution is -1.70. The molecule has 0 radical (unpaired) electrons. The van der Waals surface area contributed by atoms with Crippen molar-refractivity contribution in [3.05, 3.63) is 11.6 Å². The highest BCUT2D eigenvalue weighted by molar-refractivity contribution is 4.94. The Morgan fingerprint density at radius 1 is 1.57 bits per heavy atom. The first-order valence-corrected chi connectivity index (χ1v) is 2.93. The molecule has 0 aliphatic rings. The van der Waals surface area contributed by atoms with Gasteiger partial charge in [-0.15, -0.1) is 0 Å². The van der Waals surface area contributed by atoms with Gasteiger partial charge in [-0.3, -0.25) is 0 Å². The number of hydrogen-bond acceptors (Lipinski definition) is 0. The van der Waals surface area contributed by atoms with E-state index in [0.717, 1.165) is 0 Å². The van der Waals surface area contributed by atoms with Gasteiger partial charge in [0.15, 0.2) is 0 Å². The van der Waals surface area contributed by atoms with Crippen LogP contribution in [0.25, 0.3) is 0 Å². The van der Waals surface area contributed by atoms with Gasteiger partial charge in [0.1, 0.15) is 0 Å². The fourth-order valence-corrected chi connectivity index (χ4v) is 0.539. The van der Waals surface area contributed by atoms with E-state index in [1.54, 1.807) is 0 Å². The molecule has 0 saturated carbocycles. The molecule has 0 nitrogen and oxygen atoms in total. The van der Waals surface area contributed by atoms with Crippen molar-refractivity contribution in [3.63, 3.8) is 0 Å². The second-order valence-electron chi connectivity index (χ2n) is 1.89. The Morgan fingerprint density at radius 2 is 2.14 bits per heavy atom. The summed E-state index contributed by atoms with van der Waals surface area (Å²) in [7, 11) is 0. The average Bonchev–Trinajstić information content (AvgIpc) is 1.68. The lowest BCUT2D eigenvalue weighted by molar-refractivity contribution is 0.903. The van der Waals surface area contributed by atoms with Gasteiger partial charge in [-0.1, -0.05) is 25.0 Å². The van der Waals surface area contributed by atoms with Crippen LogP contribution in [0.4, 0.5) is 0 Å². The monoisotopic (exact) mass is 98.1 g/mol. The van der Waals surface area contributed by atoms with Crippen LogP contribution in [0.3, 0.4) is 0 Å². The minimum Gasteiger partial charge on any atom is -0.0887 e. The van der Waals surface area contributed by atoms with Gasteiger partial charge in [0.2, 0.25) is 0 Å². The molecule has 0 aromatic heterocycles. The SMILES string of the molecule is C/C=C(\C)CCC. The van der Waals surface area contributed by atoms with Gasteiger partial charge in [0, 0.05) is 0 Å². The minimum atomic E-state index is 1.26. The van der Waals surface area contributed by atoms with Crippen molar-refractivity contribution in [1.82, 2.24) is 0 Å². The molecule has 0 aromatic rings. The maximum atomic E-state index is 2.20. The van der Waals surface area contributed by atoms with Crippen LogP contribution in [0.15, 0.2) is 11.6 Å². The van der Waals surface area contributed by atoms with E-state index < -0.39 is 0 Å². The quantitative estimate of drug-likeness (QED) is 0.466. The summed E-state index contributed by atoms with van der Waals surface area (Å²) in [6.45, 7) is 6.46. The Morgan fingerprint density at radius 3 is 2.29 bits per heavy atom. The molecule has 0 bridgehead atoms. The molecular weight excluding hydrogens is 84.1 g/mol. The molecule has 0 amide bonds. The van der Waals surface area contributed by atoms with Crippen LogP contribution in [0.1, 0.15) is 33.6 Å². The maximum absolute atomic E-state index is 2.20. The van der Waals surface area contributed by atoms with Crippen LogP contribution in [0.2, 0.25) is 0 Å². The van der Waals surface area contributed by atoms with E-state index in [0.29, 0.717) is 0 Å². The van der Waals surface area contributed by atoms with E-state index in [2.05, 4.69) is 26.8 Å². The van der Waals surface area contributed by atoms with E-state index in [1.807, 2.05) is 0 Å². The number of hydrogen-bond donors (Lipinski definition) is 0. The van der Waals surface area contributed by atoms with Crippen LogP contribution >= 0.6 is 0 Å². The highest BCUT2D eigenvalue weighted by Crippen LogP contribution is 2.00. The first-order valence-electron chi connectivity index (χ1n) is 2.93. The molecule has 0 atom stereocenters. The third kappa shape index (κ3) is 3.57. The van der Waals surface area contributed by atoms with Crippen molar-refractivity contribution in [2.24, 2.45) is 0 Å². The van der Waals surface area contributed by atoms with Crippen molar-refractivity contribution in [3.8, 4) is 0 Å². The molecule has 0 spiro atoms. The highest BCUT2D eigenvalue weighted by Gasteiger charge is 1.79. The zero-order valence-electron chi connectivity index (χ0n) is 5.49. The van der Waals surface area contributed by atoms with Gasteiger partial charge < -0.3 is 0 Å². The summed E-state index contributed by atoms with van der Waals surface area (Å²) < 4.78 is 0. The third-order valence-corrected chi connectivity index (χ3v) is 1.14. The van der Waals surface area contributed by atoms with E-state index >= 15 is 0 Å². The fourth-order valence-electron chi connectivity index (χ4n) is 0.539. The summed E-state index contributed by atoms with van der Waals surface area (Å²) in [5, 5.41) is 0. The second-order valence-corrected chi connectivity index (χ2v) is 1.89. The van der Waals surface area contributed by atoms with E-state index in [1.165, 1.54) is 18.4 Å². The highest BCUT2D eigenvalue weighted by atomic mass is 13.9. The number of rotatable bonds is 2. The average molecular weight is 98.2 g/mol. The predicted octanol–water partition coefficient (Wildman–Crippen LogP) is 2.75. The van der Waals surface area contributed by atoms with Crippen molar-refractivity contribution in [1.29, 1.82) is 0 Å². The lowest BCUT2D eigenvalue weighted by atomic mass is 10.2. The van der Waals surface area contributed by atoms with Gasteiger partial charge in [-0.05, 0) is 20.3 Å². The minimum absolute atomic E-state index is 1.26. The Hall–Kier alpha value is -0.260. The van der Waals surface area contributed by atoms with Crippen molar-refractivity contribution >= 4 is 0 Å². The second kappa shape index (κ2) is 3.91. The molecule has 42 valence electrons. The molecule has 0 heterocycles. The molecule has 0 fully saturated rings. The molecular formula is C7H14. The van der Waals surface area contributed by atoms with Crippen LogP contribution in [-0.2, 0) is 0 Å². The molecule has 7 heavy (non-hydrogen) atoms. The summed E-state index contributed by atoms with van der Waals surface area (Å²) in [5.74, 6) is 0. The molecule has 0 aromatic carbocycles. The van der Waals surface area contributed by atoms with Gasteiger partial charge in [0.05, 0.1) is 0 Å². The topological polar surface area (TPSA) is 0 Å². The summed E-state index contributed by atoms with van der Waals surface area (Å²) in [5.41, 5.74) is 1.50. The van der Waals surface area contributed by atoms with Crippen LogP contribution in [-0.4, -0.2) is 0 Å². The van der Waals surface area contributed by atoms with Gasteiger partial charge >= 0.3 is 0 Å². The molecule has 0 aliphatic heterocycles. The first kappa shape index (κ1) is 6.74. The van der Waals surface area contributed by atoms with Crippen LogP contribution in [0.5, 0.6) is 0 Å². The Balaban J connectivity index is 3.17. The zero-order valence-corrected chi connectivity index (χ0v) is 5.49. The standard InChI is InChI=1S/C7H14/c1-4-6-7(3)5-2/h5H,4,6H2,1-3H3/b7-5+. The molecule has 0 saturated heterocycles. The van der Waals surface area contributed by atoms with Crippen LogP contribution in [0, 0.1) is 0 Å². The first-order chi connectivity index (χ1) is 3.31. The Bertz CT molecular complexity index is 60.4. The van der Waals surface area contributed by atoms with Gasteiger partial charge in [-0.2, -0.15) is 0 Å². The molecule has 0 unspecified atom stereocenters. The van der Waals surface area contributed by atoms with Gasteiger partial charge in [0.25, 0.3) is 0 Å². The van der Waals surface area contributed by atoms with Gasteiger partial charge in [-0.25, -0.2) is 0 Å².